The maximum atomic E-state index is 11.8. The number of aliphatic carboxylic acids is 1. The van der Waals surface area contributed by atoms with E-state index in [0.29, 0.717) is 0 Å². The lowest BCUT2D eigenvalue weighted by molar-refractivity contribution is -0.136. The van der Waals surface area contributed by atoms with E-state index in [1.807, 2.05) is 218 Å². The van der Waals surface area contributed by atoms with Gasteiger partial charge in [-0.2, -0.15) is 0 Å². The van der Waals surface area contributed by atoms with Crippen molar-refractivity contribution >= 4 is 18.2 Å². The summed E-state index contributed by atoms with van der Waals surface area (Å²) >= 11 is 0. The molecule has 2 saturated heterocycles. The maximum Gasteiger partial charge on any atom is 0.408 e. The molecule has 2 aliphatic rings. The molecule has 3 N–H and O–H groups in total. The zero-order chi connectivity index (χ0) is 48.3. The number of hydrogen-bond donors (Lipinski definition) is 3. The fraction of sp³-hybridized carbons (Fsp3) is 0.0806. The van der Waals surface area contributed by atoms with Crippen molar-refractivity contribution in [2.75, 3.05) is 0 Å². The van der Waals surface area contributed by atoms with Gasteiger partial charge >= 0.3 is 18.2 Å². The van der Waals surface area contributed by atoms with Crippen molar-refractivity contribution in [2.24, 2.45) is 0 Å². The van der Waals surface area contributed by atoms with E-state index in [-0.39, 0.29) is 30.7 Å². The molecule has 0 aromatic heterocycles. The molecular weight excluding hydrogens is 869 g/mol. The van der Waals surface area contributed by atoms with Crippen LogP contribution >= 0.6 is 0 Å². The molecule has 2 aliphatic heterocycles. The molecule has 0 unspecified atom stereocenters. The summed E-state index contributed by atoms with van der Waals surface area (Å²) in [4.78, 5) is 34.3. The monoisotopic (exact) mass is 914 g/mol. The molecule has 8 aromatic carbocycles. The second-order valence-corrected chi connectivity index (χ2v) is 16.1. The number of rotatable bonds is 6. The molecule has 340 valence electrons. The van der Waals surface area contributed by atoms with Crippen molar-refractivity contribution < 1.29 is 29.0 Å². The van der Waals surface area contributed by atoms with Gasteiger partial charge in [-0.15, -0.1) is 0 Å². The van der Waals surface area contributed by atoms with Gasteiger partial charge in [0.05, 0.1) is 18.5 Å². The third kappa shape index (κ3) is 13.5. The highest BCUT2D eigenvalue weighted by Gasteiger charge is 2.37. The first-order valence-corrected chi connectivity index (χ1v) is 22.6. The number of carboxylic acid groups (broad SMARTS) is 1. The minimum Gasteiger partial charge on any atom is -0.481 e. The molecule has 2 fully saturated rings. The number of carbonyl (C=O) groups is 3. The molecule has 2 heterocycles. The summed E-state index contributed by atoms with van der Waals surface area (Å²) in [5, 5.41) is 14.6. The molecule has 0 aliphatic carbocycles. The summed E-state index contributed by atoms with van der Waals surface area (Å²) in [5.41, 5.74) is 10.2. The van der Waals surface area contributed by atoms with Crippen LogP contribution in [0.2, 0.25) is 0 Å². The largest absolute Gasteiger partial charge is 0.481 e. The van der Waals surface area contributed by atoms with Crippen LogP contribution in [0.4, 0.5) is 9.59 Å². The Morgan fingerprint density at radius 2 is 0.686 bits per heavy atom. The van der Waals surface area contributed by atoms with E-state index in [9.17, 15) is 14.4 Å². The van der Waals surface area contributed by atoms with Crippen LogP contribution < -0.4 is 10.6 Å². The molecule has 8 aromatic rings. The molecular formula is C62H46N2O6. The van der Waals surface area contributed by atoms with E-state index in [1.165, 1.54) is 0 Å². The summed E-state index contributed by atoms with van der Waals surface area (Å²) in [5.74, 6) is 17.9. The van der Waals surface area contributed by atoms with Gasteiger partial charge in [0.2, 0.25) is 0 Å². The predicted octanol–water partition coefficient (Wildman–Crippen LogP) is 11.9. The molecule has 4 atom stereocenters. The number of cyclic esters (lactones) is 2. The second kappa shape index (κ2) is 23.8. The average Bonchev–Trinajstić information content (AvgIpc) is 4.01. The summed E-state index contributed by atoms with van der Waals surface area (Å²) < 4.78 is 11.0. The van der Waals surface area contributed by atoms with Crippen LogP contribution in [0.5, 0.6) is 0 Å². The Morgan fingerprint density at radius 3 is 1.06 bits per heavy atom. The lowest BCUT2D eigenvalue weighted by Crippen LogP contribution is -2.19. The van der Waals surface area contributed by atoms with Crippen LogP contribution in [0.3, 0.4) is 0 Å². The Hall–Kier alpha value is -9.55. The van der Waals surface area contributed by atoms with Gasteiger partial charge in [0.15, 0.2) is 12.2 Å². The van der Waals surface area contributed by atoms with Gasteiger partial charge in [0.1, 0.15) is 0 Å². The minimum absolute atomic E-state index is 0.0286. The zero-order valence-electron chi connectivity index (χ0n) is 37.9. The molecule has 10 rings (SSSR count). The third-order valence-corrected chi connectivity index (χ3v) is 11.0. The number of alkyl carbamates (subject to hydrolysis) is 2. The quantitative estimate of drug-likeness (QED) is 0.143. The molecule has 8 nitrogen and oxygen atoms in total. The smallest absolute Gasteiger partial charge is 0.408 e. The van der Waals surface area contributed by atoms with Gasteiger partial charge in [-0.25, -0.2) is 9.59 Å². The first kappa shape index (κ1) is 47.0. The summed E-state index contributed by atoms with van der Waals surface area (Å²) in [6.45, 7) is 0. The highest BCUT2D eigenvalue weighted by Crippen LogP contribution is 2.38. The minimum atomic E-state index is -0.830. The van der Waals surface area contributed by atoms with Crippen molar-refractivity contribution in [2.45, 2.75) is 30.7 Å². The Labute approximate surface area is 408 Å². The maximum absolute atomic E-state index is 11.8. The van der Waals surface area contributed by atoms with Crippen LogP contribution in [0.25, 0.3) is 0 Å². The number of benzene rings is 8. The number of amides is 2. The van der Waals surface area contributed by atoms with E-state index in [2.05, 4.69) is 46.2 Å². The Morgan fingerprint density at radius 1 is 0.386 bits per heavy atom. The van der Waals surface area contributed by atoms with Gasteiger partial charge < -0.3 is 25.2 Å². The van der Waals surface area contributed by atoms with Gasteiger partial charge in [-0.3, -0.25) is 4.79 Å². The molecule has 0 saturated carbocycles. The van der Waals surface area contributed by atoms with Crippen LogP contribution in [-0.4, -0.2) is 23.3 Å². The van der Waals surface area contributed by atoms with Crippen molar-refractivity contribution in [3.8, 4) is 35.5 Å². The number of ether oxygens (including phenoxy) is 2. The molecule has 8 heteroatoms. The number of hydrogen-bond acceptors (Lipinski definition) is 5. The number of carbonyl (C=O) groups excluding carboxylic acids is 2. The van der Waals surface area contributed by atoms with E-state index in [4.69, 9.17) is 14.6 Å². The lowest BCUT2D eigenvalue weighted by atomic mass is 9.95. The normalized spacial score (nSPS) is 16.1. The fourth-order valence-electron chi connectivity index (χ4n) is 7.71. The summed E-state index contributed by atoms with van der Waals surface area (Å²) in [6.07, 6.45) is -1.46. The highest BCUT2D eigenvalue weighted by molar-refractivity contribution is 5.72. The van der Waals surface area contributed by atoms with Crippen molar-refractivity contribution in [1.82, 2.24) is 10.6 Å². The first-order chi connectivity index (χ1) is 34.3. The first-order valence-electron chi connectivity index (χ1n) is 22.6. The van der Waals surface area contributed by atoms with E-state index in [0.717, 1.165) is 61.2 Å². The Balaban J connectivity index is 0.000000144. The second-order valence-electron chi connectivity index (χ2n) is 16.1. The molecule has 70 heavy (non-hydrogen) atoms. The fourth-order valence-corrected chi connectivity index (χ4v) is 7.71. The predicted molar refractivity (Wildman–Crippen MR) is 271 cm³/mol. The van der Waals surface area contributed by atoms with Gasteiger partial charge in [0.25, 0.3) is 0 Å². The third-order valence-electron chi connectivity index (χ3n) is 11.0. The topological polar surface area (TPSA) is 114 Å². The van der Waals surface area contributed by atoms with Crippen LogP contribution in [0.1, 0.15) is 85.5 Å². The SMILES string of the molecule is O=C(O)Cc1cccc(C#Cc2ccccc2)c1.O=C1N[C@@H](c2cccc(C#Cc3ccccc3)c2)[C@H](c2ccccc2)O1.O=C1N[C@H](c2cccc(C#Cc3ccccc3)c2)[C@@H](c2ccccc2)O1. The summed E-state index contributed by atoms with van der Waals surface area (Å²) in [7, 11) is 0. The number of carboxylic acids is 1. The average molecular weight is 915 g/mol. The van der Waals surface area contributed by atoms with Gasteiger partial charge in [-0.1, -0.05) is 187 Å². The van der Waals surface area contributed by atoms with E-state index >= 15 is 0 Å². The Kier molecular flexibility index (Phi) is 15.9. The lowest BCUT2D eigenvalue weighted by Gasteiger charge is -2.17. The van der Waals surface area contributed by atoms with Crippen molar-refractivity contribution in [1.29, 1.82) is 0 Å². The Bertz CT molecular complexity index is 3070. The zero-order valence-corrected chi connectivity index (χ0v) is 37.9. The molecule has 0 spiro atoms. The molecule has 0 bridgehead atoms. The van der Waals surface area contributed by atoms with Crippen LogP contribution in [0.15, 0.2) is 224 Å². The van der Waals surface area contributed by atoms with Gasteiger partial charge in [0, 0.05) is 33.4 Å². The van der Waals surface area contributed by atoms with Crippen LogP contribution in [0, 0.1) is 35.5 Å². The van der Waals surface area contributed by atoms with Gasteiger partial charge in [-0.05, 0) is 101 Å². The van der Waals surface area contributed by atoms with E-state index < -0.39 is 18.2 Å². The van der Waals surface area contributed by atoms with Crippen molar-refractivity contribution in [3.05, 3.63) is 286 Å². The van der Waals surface area contributed by atoms with Crippen LogP contribution in [-0.2, 0) is 20.7 Å². The standard InChI is InChI=1S/2C23H17NO2.C16H12O2/c2*25-23-24-21(22(26-23)19-11-5-2-6-12-19)20-13-7-10-18(16-20)15-14-17-8-3-1-4-9-17;17-16(18)12-15-8-4-7-14(11-15)10-9-13-5-2-1-3-6-13/h2*1-13,16,21-22H,(H,24,25);1-8,11H,12H2,(H,17,18)/t2*21-,22-;/m10./s1. The van der Waals surface area contributed by atoms with E-state index in [1.54, 1.807) is 6.07 Å². The number of nitrogens with one attached hydrogen (secondary N) is 2. The molecule has 2 amide bonds. The van der Waals surface area contributed by atoms with Crippen molar-refractivity contribution in [3.63, 3.8) is 0 Å². The summed E-state index contributed by atoms with van der Waals surface area (Å²) in [6, 6.07) is 71.6. The highest BCUT2D eigenvalue weighted by atomic mass is 16.6. The molecule has 0 radical (unpaired) electrons.